The Balaban J connectivity index is 2.36. The molecule has 0 radical (unpaired) electrons. The van der Waals surface area contributed by atoms with Crippen LogP contribution in [-0.4, -0.2) is 10.2 Å². The highest BCUT2D eigenvalue weighted by Crippen LogP contribution is 2.39. The summed E-state index contributed by atoms with van der Waals surface area (Å²) in [5.74, 6) is -0.325. The average Bonchev–Trinajstić information content (AvgIpc) is 2.18. The zero-order valence-electron chi connectivity index (χ0n) is 8.20. The van der Waals surface area contributed by atoms with Gasteiger partial charge >= 0.3 is 0 Å². The molecule has 1 N–H and O–H groups in total. The molecule has 1 nitrogen and oxygen atoms in total. The quantitative estimate of drug-likeness (QED) is 0.767. The molecule has 0 spiro atoms. The Morgan fingerprint density at radius 1 is 1.12 bits per heavy atom. The smallest absolute Gasteiger partial charge is 0.169 e. The summed E-state index contributed by atoms with van der Waals surface area (Å²) in [6, 6.07) is 7.19. The van der Waals surface area contributed by atoms with Crippen LogP contribution in [0.15, 0.2) is 47.5 Å². The summed E-state index contributed by atoms with van der Waals surface area (Å²) in [6.07, 6.45) is 4.92. The van der Waals surface area contributed by atoms with Crippen LogP contribution in [0.4, 0.5) is 0 Å². The fourth-order valence-corrected chi connectivity index (χ4v) is 2.41. The van der Waals surface area contributed by atoms with E-state index >= 15 is 0 Å². The fourth-order valence-electron chi connectivity index (χ4n) is 1.67. The highest BCUT2D eigenvalue weighted by Gasteiger charge is 2.34. The first-order chi connectivity index (χ1) is 7.49. The van der Waals surface area contributed by atoms with Gasteiger partial charge in [0, 0.05) is 16.0 Å². The van der Waals surface area contributed by atoms with Gasteiger partial charge in [-0.3, -0.25) is 0 Å². The van der Waals surface area contributed by atoms with E-state index in [0.29, 0.717) is 10.1 Å². The van der Waals surface area contributed by atoms with Gasteiger partial charge in [-0.15, -0.1) is 0 Å². The molecule has 1 aromatic carbocycles. The van der Waals surface area contributed by atoms with E-state index in [9.17, 15) is 5.11 Å². The predicted octanol–water partition coefficient (Wildman–Crippen LogP) is 4.04. The first kappa shape index (κ1) is 12.0. The number of rotatable bonds is 1. The highest BCUT2D eigenvalue weighted by molar-refractivity contribution is 6.33. The second-order valence-corrected chi connectivity index (χ2v) is 5.12. The molecule has 1 aliphatic carbocycles. The summed E-state index contributed by atoms with van der Waals surface area (Å²) < 4.78 is 0. The molecule has 0 saturated carbocycles. The Hall–Kier alpha value is -0.470. The molecule has 84 valence electrons. The van der Waals surface area contributed by atoms with E-state index < -0.39 is 5.06 Å². The van der Waals surface area contributed by atoms with Gasteiger partial charge in [0.05, 0.1) is 0 Å². The van der Waals surface area contributed by atoms with Crippen LogP contribution in [0.1, 0.15) is 11.5 Å². The van der Waals surface area contributed by atoms with E-state index in [-0.39, 0.29) is 5.92 Å². The van der Waals surface area contributed by atoms with Crippen LogP contribution < -0.4 is 0 Å². The van der Waals surface area contributed by atoms with Gasteiger partial charge in [0.1, 0.15) is 0 Å². The van der Waals surface area contributed by atoms with Crippen molar-refractivity contribution >= 4 is 34.8 Å². The Bertz CT molecular complexity index is 446. The van der Waals surface area contributed by atoms with Gasteiger partial charge in [0.25, 0.3) is 0 Å². The number of halogens is 3. The Morgan fingerprint density at radius 3 is 2.31 bits per heavy atom. The van der Waals surface area contributed by atoms with Gasteiger partial charge < -0.3 is 5.11 Å². The van der Waals surface area contributed by atoms with Crippen molar-refractivity contribution < 1.29 is 5.11 Å². The highest BCUT2D eigenvalue weighted by atomic mass is 35.5. The van der Waals surface area contributed by atoms with E-state index in [4.69, 9.17) is 34.8 Å². The van der Waals surface area contributed by atoms with Crippen molar-refractivity contribution in [2.45, 2.75) is 11.0 Å². The number of benzene rings is 1. The van der Waals surface area contributed by atoms with Gasteiger partial charge in [-0.05, 0) is 29.8 Å². The molecule has 1 aromatic rings. The SMILES string of the molecule is OC1(Cl)C=C(Cl)C=CC1c1ccc(Cl)cc1. The average molecular weight is 276 g/mol. The van der Waals surface area contributed by atoms with Crippen LogP contribution in [-0.2, 0) is 0 Å². The molecule has 1 aliphatic rings. The van der Waals surface area contributed by atoms with E-state index in [1.54, 1.807) is 24.3 Å². The number of aliphatic hydroxyl groups is 1. The molecule has 2 rings (SSSR count). The topological polar surface area (TPSA) is 20.2 Å². The first-order valence-electron chi connectivity index (χ1n) is 4.72. The van der Waals surface area contributed by atoms with Crippen molar-refractivity contribution in [1.29, 1.82) is 0 Å². The van der Waals surface area contributed by atoms with E-state index in [2.05, 4.69) is 0 Å². The van der Waals surface area contributed by atoms with Crippen LogP contribution in [0.3, 0.4) is 0 Å². The first-order valence-corrected chi connectivity index (χ1v) is 5.86. The molecule has 0 bridgehead atoms. The minimum Gasteiger partial charge on any atom is -0.370 e. The molecule has 0 heterocycles. The monoisotopic (exact) mass is 274 g/mol. The molecule has 0 aromatic heterocycles. The van der Waals surface area contributed by atoms with Crippen LogP contribution in [0.5, 0.6) is 0 Å². The summed E-state index contributed by atoms with van der Waals surface area (Å²) >= 11 is 17.6. The number of allylic oxidation sites excluding steroid dienone is 2. The second kappa shape index (κ2) is 4.42. The normalized spacial score (nSPS) is 29.0. The third-order valence-electron chi connectivity index (χ3n) is 2.45. The van der Waals surface area contributed by atoms with E-state index in [1.807, 2.05) is 12.1 Å². The van der Waals surface area contributed by atoms with Crippen molar-refractivity contribution in [2.24, 2.45) is 0 Å². The molecule has 16 heavy (non-hydrogen) atoms. The van der Waals surface area contributed by atoms with Crippen molar-refractivity contribution in [1.82, 2.24) is 0 Å². The van der Waals surface area contributed by atoms with Crippen molar-refractivity contribution in [3.8, 4) is 0 Å². The molecule has 0 saturated heterocycles. The van der Waals surface area contributed by atoms with Gasteiger partial charge in [-0.25, -0.2) is 0 Å². The Kier molecular flexibility index (Phi) is 3.32. The molecular weight excluding hydrogens is 266 g/mol. The lowest BCUT2D eigenvalue weighted by molar-refractivity contribution is 0.161. The lowest BCUT2D eigenvalue weighted by Crippen LogP contribution is -2.28. The molecule has 2 unspecified atom stereocenters. The molecule has 2 atom stereocenters. The summed E-state index contributed by atoms with van der Waals surface area (Å²) in [4.78, 5) is 0. The van der Waals surface area contributed by atoms with Gasteiger partial charge in [-0.1, -0.05) is 53.0 Å². The number of hydrogen-bond acceptors (Lipinski definition) is 1. The van der Waals surface area contributed by atoms with Crippen molar-refractivity contribution in [2.75, 3.05) is 0 Å². The summed E-state index contributed by atoms with van der Waals surface area (Å²) in [7, 11) is 0. The Morgan fingerprint density at radius 2 is 1.75 bits per heavy atom. The third-order valence-corrected chi connectivity index (χ3v) is 3.28. The standard InChI is InChI=1S/C12H9Cl3O/c13-9-3-1-8(2-4-9)11-6-5-10(14)7-12(11,15)16/h1-7,11,16H. The molecule has 0 aliphatic heterocycles. The minimum atomic E-state index is -1.49. The van der Waals surface area contributed by atoms with Crippen LogP contribution in [0.25, 0.3) is 0 Å². The lowest BCUT2D eigenvalue weighted by atomic mass is 9.89. The maximum absolute atomic E-state index is 10.0. The molecular formula is C12H9Cl3O. The molecule has 0 amide bonds. The van der Waals surface area contributed by atoms with Crippen molar-refractivity contribution in [3.05, 3.63) is 58.1 Å². The van der Waals surface area contributed by atoms with Gasteiger partial charge in [0.15, 0.2) is 5.06 Å². The maximum atomic E-state index is 10.0. The molecule has 4 heteroatoms. The third kappa shape index (κ3) is 2.44. The van der Waals surface area contributed by atoms with Gasteiger partial charge in [-0.2, -0.15) is 0 Å². The summed E-state index contributed by atoms with van der Waals surface area (Å²) in [6.45, 7) is 0. The lowest BCUT2D eigenvalue weighted by Gasteiger charge is -2.28. The predicted molar refractivity (Wildman–Crippen MR) is 68.1 cm³/mol. The van der Waals surface area contributed by atoms with Crippen molar-refractivity contribution in [3.63, 3.8) is 0 Å². The number of alkyl halides is 1. The zero-order chi connectivity index (χ0) is 11.8. The minimum absolute atomic E-state index is 0.325. The fraction of sp³-hybridized carbons (Fsp3) is 0.167. The van der Waals surface area contributed by atoms with Crippen LogP contribution in [0, 0.1) is 0 Å². The summed E-state index contributed by atoms with van der Waals surface area (Å²) in [5.41, 5.74) is 0.888. The molecule has 0 fully saturated rings. The van der Waals surface area contributed by atoms with E-state index in [1.165, 1.54) is 6.08 Å². The Labute approximate surface area is 109 Å². The second-order valence-electron chi connectivity index (χ2n) is 3.65. The van der Waals surface area contributed by atoms with Crippen LogP contribution in [0.2, 0.25) is 5.02 Å². The zero-order valence-corrected chi connectivity index (χ0v) is 10.5. The van der Waals surface area contributed by atoms with Gasteiger partial charge in [0.2, 0.25) is 0 Å². The number of hydrogen-bond donors (Lipinski definition) is 1. The summed E-state index contributed by atoms with van der Waals surface area (Å²) in [5, 5.41) is 9.64. The largest absolute Gasteiger partial charge is 0.370 e. The van der Waals surface area contributed by atoms with E-state index in [0.717, 1.165) is 5.56 Å². The maximum Gasteiger partial charge on any atom is 0.169 e. The van der Waals surface area contributed by atoms with Crippen LogP contribution >= 0.6 is 34.8 Å².